The first-order valence-electron chi connectivity index (χ1n) is 18.0. The molecule has 0 spiro atoms. The van der Waals surface area contributed by atoms with Crippen molar-refractivity contribution in [3.8, 4) is 0 Å². The van der Waals surface area contributed by atoms with Gasteiger partial charge in [-0.1, -0.05) is 103 Å². The number of hydrogen-bond donors (Lipinski definition) is 1. The summed E-state index contributed by atoms with van der Waals surface area (Å²) in [5.41, 5.74) is 9.47. The summed E-state index contributed by atoms with van der Waals surface area (Å²) in [4.78, 5) is 31.6. The van der Waals surface area contributed by atoms with E-state index in [2.05, 4.69) is 65.3 Å². The van der Waals surface area contributed by atoms with E-state index in [1.807, 2.05) is 67.6 Å². The van der Waals surface area contributed by atoms with Crippen molar-refractivity contribution >= 4 is 33.8 Å². The number of benzene rings is 4. The van der Waals surface area contributed by atoms with Gasteiger partial charge in [0.1, 0.15) is 12.3 Å². The molecule has 1 amide bonds. The highest BCUT2D eigenvalue weighted by Gasteiger charge is 2.31. The summed E-state index contributed by atoms with van der Waals surface area (Å²) in [7, 11) is 0. The summed E-state index contributed by atoms with van der Waals surface area (Å²) >= 11 is 0. The highest BCUT2D eigenvalue weighted by molar-refractivity contribution is 6.08. The summed E-state index contributed by atoms with van der Waals surface area (Å²) in [5.74, 6) is -0.152. The van der Waals surface area contributed by atoms with Crippen molar-refractivity contribution in [3.05, 3.63) is 148 Å². The zero-order chi connectivity index (χ0) is 35.2. The first kappa shape index (κ1) is 34.2. The minimum absolute atomic E-state index is 0.0660. The highest BCUT2D eigenvalue weighted by atomic mass is 16.5. The van der Waals surface area contributed by atoms with Gasteiger partial charge in [0.05, 0.1) is 11.4 Å². The minimum atomic E-state index is -0.235. The molecule has 7 heteroatoms. The average molecular weight is 680 g/mol. The number of para-hydroxylation sites is 1. The highest BCUT2D eigenvalue weighted by Crippen LogP contribution is 2.35. The maximum absolute atomic E-state index is 13.7. The molecule has 7 rings (SSSR count). The van der Waals surface area contributed by atoms with Crippen LogP contribution in [0.3, 0.4) is 0 Å². The van der Waals surface area contributed by atoms with Crippen molar-refractivity contribution in [3.63, 3.8) is 0 Å². The van der Waals surface area contributed by atoms with E-state index in [0.29, 0.717) is 39.1 Å². The Morgan fingerprint density at radius 2 is 1.51 bits per heavy atom. The van der Waals surface area contributed by atoms with Gasteiger partial charge in [-0.05, 0) is 78.5 Å². The van der Waals surface area contributed by atoms with Crippen LogP contribution in [0.2, 0.25) is 0 Å². The van der Waals surface area contributed by atoms with Gasteiger partial charge in [0, 0.05) is 49.2 Å². The second kappa shape index (κ2) is 15.7. The van der Waals surface area contributed by atoms with Gasteiger partial charge in [-0.3, -0.25) is 9.59 Å². The Morgan fingerprint density at radius 1 is 0.843 bits per heavy atom. The number of aromatic nitrogens is 2. The number of hydrogen-bond acceptors (Lipinski definition) is 5. The maximum atomic E-state index is 13.7. The predicted octanol–water partition coefficient (Wildman–Crippen LogP) is 8.36. The van der Waals surface area contributed by atoms with E-state index in [1.165, 1.54) is 0 Å². The third kappa shape index (κ3) is 7.74. The van der Waals surface area contributed by atoms with Gasteiger partial charge in [-0.15, -0.1) is 0 Å². The lowest BCUT2D eigenvalue weighted by Gasteiger charge is -2.30. The number of nitrogens with one attached hydrogen (secondary N) is 1. The van der Waals surface area contributed by atoms with E-state index < -0.39 is 0 Å². The number of amides is 1. The fourth-order valence-corrected chi connectivity index (χ4v) is 7.58. The molecule has 6 aromatic rings. The quantitative estimate of drug-likeness (QED) is 0.132. The van der Waals surface area contributed by atoms with E-state index in [4.69, 9.17) is 14.5 Å². The van der Waals surface area contributed by atoms with Crippen LogP contribution in [0.1, 0.15) is 64.3 Å². The van der Waals surface area contributed by atoms with Gasteiger partial charge in [-0.2, -0.15) is 0 Å². The molecule has 1 unspecified atom stereocenters. The van der Waals surface area contributed by atoms with E-state index in [-0.39, 0.29) is 30.3 Å². The third-order valence-corrected chi connectivity index (χ3v) is 10.3. The molecule has 1 atom stereocenters. The van der Waals surface area contributed by atoms with Crippen LogP contribution < -0.4 is 5.32 Å². The van der Waals surface area contributed by atoms with Crippen LogP contribution in [0.5, 0.6) is 0 Å². The summed E-state index contributed by atoms with van der Waals surface area (Å²) in [6, 6.07) is 36.8. The normalized spacial score (nSPS) is 14.1. The van der Waals surface area contributed by atoms with Crippen LogP contribution in [0.25, 0.3) is 21.9 Å². The molecule has 0 saturated carbocycles. The Balaban J connectivity index is 1.12. The van der Waals surface area contributed by atoms with E-state index in [9.17, 15) is 9.59 Å². The van der Waals surface area contributed by atoms with Crippen LogP contribution in [-0.4, -0.2) is 34.6 Å². The SMILES string of the molecule is Cc1nc2c(c(C)c1CCC(=O)OCc1ccccc1)c1ccccc1n2Cc1ccc(C(C(=O)NCc2ccccc2)C2CCOCC2)cc1. The zero-order valence-electron chi connectivity index (χ0n) is 29.4. The largest absolute Gasteiger partial charge is 0.461 e. The third-order valence-electron chi connectivity index (χ3n) is 10.3. The van der Waals surface area contributed by atoms with Crippen molar-refractivity contribution < 1.29 is 19.1 Å². The number of carbonyl (C=O) groups is 2. The molecule has 1 N–H and O–H groups in total. The summed E-state index contributed by atoms with van der Waals surface area (Å²) in [6.45, 7) is 6.98. The Kier molecular flexibility index (Phi) is 10.5. The molecule has 2 aromatic heterocycles. The van der Waals surface area contributed by atoms with Gasteiger partial charge >= 0.3 is 5.97 Å². The van der Waals surface area contributed by atoms with E-state index in [1.54, 1.807) is 0 Å². The molecule has 1 saturated heterocycles. The summed E-state index contributed by atoms with van der Waals surface area (Å²) in [6.07, 6.45) is 2.61. The first-order chi connectivity index (χ1) is 25.0. The van der Waals surface area contributed by atoms with Crippen molar-refractivity contribution in [1.29, 1.82) is 0 Å². The molecule has 1 aliphatic rings. The number of ether oxygens (including phenoxy) is 2. The standard InChI is InChI=1S/C44H45N3O4/c1-30-37(21-22-40(48)51-29-34-13-7-4-8-14-34)31(2)46-43-41(30)38-15-9-10-16-39(38)47(43)28-33-17-19-35(20-18-33)42(36-23-25-50-26-24-36)44(49)45-27-32-11-5-3-6-12-32/h3-20,36,42H,21-29H2,1-2H3,(H,45,49). The minimum Gasteiger partial charge on any atom is -0.461 e. The topological polar surface area (TPSA) is 82.5 Å². The molecule has 7 nitrogen and oxygen atoms in total. The average Bonchev–Trinajstić information content (AvgIpc) is 3.47. The molecule has 1 aliphatic heterocycles. The number of pyridine rings is 1. The second-order valence-electron chi connectivity index (χ2n) is 13.6. The number of fused-ring (bicyclic) bond motifs is 3. The second-order valence-corrected chi connectivity index (χ2v) is 13.6. The number of rotatable bonds is 12. The molecule has 3 heterocycles. The van der Waals surface area contributed by atoms with Gasteiger partial charge in [0.2, 0.25) is 5.91 Å². The van der Waals surface area contributed by atoms with Crippen LogP contribution >= 0.6 is 0 Å². The zero-order valence-corrected chi connectivity index (χ0v) is 29.4. The Bertz CT molecular complexity index is 2120. The van der Waals surface area contributed by atoms with Crippen LogP contribution in [0.15, 0.2) is 109 Å². The molecular weight excluding hydrogens is 635 g/mol. The summed E-state index contributed by atoms with van der Waals surface area (Å²) in [5, 5.41) is 5.48. The van der Waals surface area contributed by atoms with Crippen molar-refractivity contribution in [2.24, 2.45) is 5.92 Å². The Hall–Kier alpha value is -5.27. The van der Waals surface area contributed by atoms with Gasteiger partial charge in [0.25, 0.3) is 0 Å². The number of carbonyl (C=O) groups excluding carboxylic acids is 2. The lowest BCUT2D eigenvalue weighted by Crippen LogP contribution is -2.35. The lowest BCUT2D eigenvalue weighted by molar-refractivity contribution is -0.144. The molecule has 4 aromatic carbocycles. The van der Waals surface area contributed by atoms with E-state index in [0.717, 1.165) is 73.9 Å². The van der Waals surface area contributed by atoms with Crippen LogP contribution in [0.4, 0.5) is 0 Å². The Labute approximate surface area is 299 Å². The first-order valence-corrected chi connectivity index (χ1v) is 18.0. The Morgan fingerprint density at radius 3 is 2.24 bits per heavy atom. The fourth-order valence-electron chi connectivity index (χ4n) is 7.58. The van der Waals surface area contributed by atoms with Crippen molar-refractivity contribution in [2.45, 2.75) is 65.1 Å². The van der Waals surface area contributed by atoms with Gasteiger partial charge in [-0.25, -0.2) is 4.98 Å². The van der Waals surface area contributed by atoms with Crippen LogP contribution in [-0.2, 0) is 45.2 Å². The molecular formula is C44H45N3O4. The predicted molar refractivity (Wildman–Crippen MR) is 201 cm³/mol. The van der Waals surface area contributed by atoms with Gasteiger partial charge < -0.3 is 19.4 Å². The maximum Gasteiger partial charge on any atom is 0.306 e. The van der Waals surface area contributed by atoms with Crippen LogP contribution in [0, 0.1) is 19.8 Å². The summed E-state index contributed by atoms with van der Waals surface area (Å²) < 4.78 is 13.5. The van der Waals surface area contributed by atoms with Gasteiger partial charge in [0.15, 0.2) is 0 Å². The molecule has 51 heavy (non-hydrogen) atoms. The van der Waals surface area contributed by atoms with Crippen molar-refractivity contribution in [1.82, 2.24) is 14.9 Å². The number of aryl methyl sites for hydroxylation is 2. The molecule has 0 aliphatic carbocycles. The lowest BCUT2D eigenvalue weighted by atomic mass is 9.80. The fraction of sp³-hybridized carbons (Fsp3) is 0.295. The van der Waals surface area contributed by atoms with Crippen molar-refractivity contribution in [2.75, 3.05) is 13.2 Å². The molecule has 0 bridgehead atoms. The number of esters is 1. The number of nitrogens with zero attached hydrogens (tertiary/aromatic N) is 2. The molecule has 0 radical (unpaired) electrons. The smallest absolute Gasteiger partial charge is 0.306 e. The molecule has 260 valence electrons. The molecule has 1 fully saturated rings. The van der Waals surface area contributed by atoms with E-state index >= 15 is 0 Å². The monoisotopic (exact) mass is 679 g/mol.